The van der Waals surface area contributed by atoms with E-state index < -0.39 is 5.97 Å². The van der Waals surface area contributed by atoms with Crippen molar-refractivity contribution in [2.45, 2.75) is 20.3 Å². The summed E-state index contributed by atoms with van der Waals surface area (Å²) in [4.78, 5) is 30.2. The number of aromatic carboxylic acids is 1. The van der Waals surface area contributed by atoms with Gasteiger partial charge in [-0.2, -0.15) is 0 Å². The highest BCUT2D eigenvalue weighted by atomic mass is 32.2. The third kappa shape index (κ3) is 5.46. The minimum atomic E-state index is -0.996. The zero-order valence-electron chi connectivity index (χ0n) is 17.6. The molecule has 0 aromatic heterocycles. The molecule has 1 aliphatic rings. The van der Waals surface area contributed by atoms with Crippen molar-refractivity contribution < 1.29 is 24.2 Å². The summed E-state index contributed by atoms with van der Waals surface area (Å²) in [7, 11) is 1.66. The number of rotatable bonds is 8. The number of nitrogens with zero attached hydrogens (tertiary/aromatic N) is 2. The van der Waals surface area contributed by atoms with Crippen LogP contribution in [-0.2, 0) is 4.79 Å². The molecule has 0 bridgehead atoms. The van der Waals surface area contributed by atoms with Crippen molar-refractivity contribution in [3.63, 3.8) is 0 Å². The van der Waals surface area contributed by atoms with Gasteiger partial charge in [-0.15, -0.1) is 0 Å². The van der Waals surface area contributed by atoms with Gasteiger partial charge in [0.2, 0.25) is 0 Å². The molecule has 31 heavy (non-hydrogen) atoms. The van der Waals surface area contributed by atoms with E-state index in [-0.39, 0.29) is 11.5 Å². The van der Waals surface area contributed by atoms with E-state index in [4.69, 9.17) is 14.6 Å². The largest absolute Gasteiger partial charge is 0.490 e. The Labute approximate surface area is 185 Å². The van der Waals surface area contributed by atoms with Crippen molar-refractivity contribution in [1.29, 1.82) is 0 Å². The molecular formula is C23H24N2O5S. The first kappa shape index (κ1) is 22.4. The molecule has 162 valence electrons. The van der Waals surface area contributed by atoms with Crippen molar-refractivity contribution in [1.82, 2.24) is 4.90 Å². The summed E-state index contributed by atoms with van der Waals surface area (Å²) >= 11 is 1.26. The standard InChI is InChI=1S/C23H24N2O5S/c1-4-12-30-18-11-6-15(13-19(18)29-5-2)14-20-21(26)25(3)23(31-20)24-17-9-7-16(8-10-17)22(27)28/h6-11,13-14H,4-5,12H2,1-3H3,(H,27,28)/b20-14+,24-23?. The maximum atomic E-state index is 12.7. The number of ether oxygens (including phenoxy) is 2. The average Bonchev–Trinajstić information content (AvgIpc) is 3.01. The van der Waals surface area contributed by atoms with E-state index in [1.807, 2.05) is 32.0 Å². The first-order valence-electron chi connectivity index (χ1n) is 9.92. The first-order chi connectivity index (χ1) is 14.9. The molecule has 0 saturated carbocycles. The van der Waals surface area contributed by atoms with Crippen LogP contribution in [0.2, 0.25) is 0 Å². The zero-order valence-corrected chi connectivity index (χ0v) is 18.4. The molecule has 2 aromatic rings. The summed E-state index contributed by atoms with van der Waals surface area (Å²) in [5.74, 6) is 0.168. The molecule has 1 saturated heterocycles. The van der Waals surface area contributed by atoms with Crippen LogP contribution in [0.1, 0.15) is 36.2 Å². The van der Waals surface area contributed by atoms with Crippen LogP contribution in [-0.4, -0.2) is 47.3 Å². The smallest absolute Gasteiger partial charge is 0.335 e. The molecule has 3 rings (SSSR count). The van der Waals surface area contributed by atoms with Crippen LogP contribution < -0.4 is 9.47 Å². The minimum absolute atomic E-state index is 0.157. The van der Waals surface area contributed by atoms with Gasteiger partial charge in [-0.25, -0.2) is 9.79 Å². The van der Waals surface area contributed by atoms with Crippen LogP contribution >= 0.6 is 11.8 Å². The summed E-state index contributed by atoms with van der Waals surface area (Å²) in [6, 6.07) is 11.8. The Morgan fingerprint density at radius 1 is 1.13 bits per heavy atom. The molecule has 0 atom stereocenters. The van der Waals surface area contributed by atoms with Crippen molar-refractivity contribution in [2.24, 2.45) is 4.99 Å². The van der Waals surface area contributed by atoms with Crippen molar-refractivity contribution in [3.05, 3.63) is 58.5 Å². The monoisotopic (exact) mass is 440 g/mol. The summed E-state index contributed by atoms with van der Waals surface area (Å²) < 4.78 is 11.4. The van der Waals surface area contributed by atoms with Crippen molar-refractivity contribution >= 4 is 40.6 Å². The molecule has 8 heteroatoms. The molecule has 7 nitrogen and oxygen atoms in total. The highest BCUT2D eigenvalue weighted by Gasteiger charge is 2.30. The molecule has 0 spiro atoms. The number of thioether (sulfide) groups is 1. The lowest BCUT2D eigenvalue weighted by Gasteiger charge is -2.12. The number of hydrogen-bond donors (Lipinski definition) is 1. The van der Waals surface area contributed by atoms with E-state index in [0.29, 0.717) is 40.5 Å². The second-order valence-corrected chi connectivity index (χ2v) is 7.72. The lowest BCUT2D eigenvalue weighted by atomic mass is 10.2. The van der Waals surface area contributed by atoms with E-state index in [1.165, 1.54) is 28.8 Å². The van der Waals surface area contributed by atoms with Crippen LogP contribution in [0.3, 0.4) is 0 Å². The second kappa shape index (κ2) is 10.2. The fraction of sp³-hybridized carbons (Fsp3) is 0.261. The van der Waals surface area contributed by atoms with Gasteiger partial charge >= 0.3 is 5.97 Å². The van der Waals surface area contributed by atoms with Gasteiger partial charge in [0.05, 0.1) is 29.4 Å². The maximum Gasteiger partial charge on any atom is 0.335 e. The van der Waals surface area contributed by atoms with Gasteiger partial charge < -0.3 is 14.6 Å². The van der Waals surface area contributed by atoms with Crippen molar-refractivity contribution in [2.75, 3.05) is 20.3 Å². The number of benzene rings is 2. The topological polar surface area (TPSA) is 88.4 Å². The third-order valence-electron chi connectivity index (χ3n) is 4.37. The molecule has 1 amide bonds. The fourth-order valence-corrected chi connectivity index (χ4v) is 3.79. The van der Waals surface area contributed by atoms with E-state index in [2.05, 4.69) is 4.99 Å². The molecule has 0 unspecified atom stereocenters. The highest BCUT2D eigenvalue weighted by molar-refractivity contribution is 8.18. The Balaban J connectivity index is 1.84. The third-order valence-corrected chi connectivity index (χ3v) is 5.43. The molecule has 1 N–H and O–H groups in total. The van der Waals surface area contributed by atoms with E-state index in [1.54, 1.807) is 25.3 Å². The van der Waals surface area contributed by atoms with E-state index in [0.717, 1.165) is 12.0 Å². The number of likely N-dealkylation sites (N-methyl/N-ethyl adjacent to an activating group) is 1. The Morgan fingerprint density at radius 2 is 1.87 bits per heavy atom. The number of hydrogen-bond acceptors (Lipinski definition) is 6. The van der Waals surface area contributed by atoms with Crippen LogP contribution in [0.15, 0.2) is 52.4 Å². The number of amides is 1. The minimum Gasteiger partial charge on any atom is -0.490 e. The Morgan fingerprint density at radius 3 is 2.52 bits per heavy atom. The molecule has 1 aliphatic heterocycles. The number of carbonyl (C=O) groups excluding carboxylic acids is 1. The van der Waals surface area contributed by atoms with Gasteiger partial charge in [-0.3, -0.25) is 9.69 Å². The molecule has 0 radical (unpaired) electrons. The number of carbonyl (C=O) groups is 2. The van der Waals surface area contributed by atoms with Crippen LogP contribution in [0, 0.1) is 0 Å². The number of aliphatic imine (C=N–C) groups is 1. The molecule has 2 aromatic carbocycles. The van der Waals surface area contributed by atoms with E-state index in [9.17, 15) is 9.59 Å². The van der Waals surface area contributed by atoms with Crippen molar-refractivity contribution in [3.8, 4) is 11.5 Å². The summed E-state index contributed by atoms with van der Waals surface area (Å²) in [6.45, 7) is 5.06. The Bertz CT molecular complexity index is 1030. The van der Waals surface area contributed by atoms with Gasteiger partial charge in [0.15, 0.2) is 16.7 Å². The Hall–Kier alpha value is -3.26. The van der Waals surface area contributed by atoms with Gasteiger partial charge in [-0.05, 0) is 73.1 Å². The number of carboxylic acid groups (broad SMARTS) is 1. The van der Waals surface area contributed by atoms with Crippen LogP contribution in [0.4, 0.5) is 5.69 Å². The SMILES string of the molecule is CCCOc1ccc(/C=C2/SC(=Nc3ccc(C(=O)O)cc3)N(C)C2=O)cc1OCC. The second-order valence-electron chi connectivity index (χ2n) is 6.71. The van der Waals surface area contributed by atoms with Crippen LogP contribution in [0.25, 0.3) is 6.08 Å². The van der Waals surface area contributed by atoms with Gasteiger partial charge in [-0.1, -0.05) is 13.0 Å². The summed E-state index contributed by atoms with van der Waals surface area (Å²) in [6.07, 6.45) is 2.70. The maximum absolute atomic E-state index is 12.7. The lowest BCUT2D eigenvalue weighted by molar-refractivity contribution is -0.121. The predicted octanol–water partition coefficient (Wildman–Crippen LogP) is 4.81. The molecule has 1 fully saturated rings. The highest BCUT2D eigenvalue weighted by Crippen LogP contribution is 2.35. The zero-order chi connectivity index (χ0) is 22.4. The average molecular weight is 441 g/mol. The number of amidine groups is 1. The lowest BCUT2D eigenvalue weighted by Crippen LogP contribution is -2.23. The predicted molar refractivity (Wildman–Crippen MR) is 122 cm³/mol. The Kier molecular flexibility index (Phi) is 7.36. The first-order valence-corrected chi connectivity index (χ1v) is 10.7. The normalized spacial score (nSPS) is 16.2. The summed E-state index contributed by atoms with van der Waals surface area (Å²) in [5, 5.41) is 9.53. The molecule has 1 heterocycles. The van der Waals surface area contributed by atoms with Gasteiger partial charge in [0.1, 0.15) is 0 Å². The molecule has 0 aliphatic carbocycles. The van der Waals surface area contributed by atoms with Gasteiger partial charge in [0, 0.05) is 7.05 Å². The number of carboxylic acids is 1. The quantitative estimate of drug-likeness (QED) is 0.593. The fourth-order valence-electron chi connectivity index (χ4n) is 2.81. The van der Waals surface area contributed by atoms with Gasteiger partial charge in [0.25, 0.3) is 5.91 Å². The summed E-state index contributed by atoms with van der Waals surface area (Å²) in [5.41, 5.74) is 1.58. The molecular weight excluding hydrogens is 416 g/mol. The van der Waals surface area contributed by atoms with Crippen LogP contribution in [0.5, 0.6) is 11.5 Å². The van der Waals surface area contributed by atoms with E-state index >= 15 is 0 Å².